The van der Waals surface area contributed by atoms with Crippen LogP contribution in [0, 0.1) is 5.92 Å². The molecule has 1 aromatic rings. The standard InChI is InChI=1S/C18H24N2O4/c1-12-6-8-15(9-7-12)20-17(22)11-24-18(23)14-4-3-5-16(10-14)19-13(2)21/h3-5,10,12,15H,6-9,11H2,1-2H3,(H,19,21)(H,20,22). The number of rotatable bonds is 5. The van der Waals surface area contributed by atoms with Crippen LogP contribution in [0.5, 0.6) is 0 Å². The molecular formula is C18H24N2O4. The average molecular weight is 332 g/mol. The van der Waals surface area contributed by atoms with Gasteiger partial charge in [-0.3, -0.25) is 9.59 Å². The maximum Gasteiger partial charge on any atom is 0.338 e. The van der Waals surface area contributed by atoms with E-state index in [4.69, 9.17) is 4.74 Å². The number of ether oxygens (including phenoxy) is 1. The number of carbonyl (C=O) groups is 3. The van der Waals surface area contributed by atoms with Gasteiger partial charge >= 0.3 is 5.97 Å². The molecule has 1 fully saturated rings. The Balaban J connectivity index is 1.80. The molecule has 0 unspecified atom stereocenters. The predicted molar refractivity (Wildman–Crippen MR) is 90.6 cm³/mol. The summed E-state index contributed by atoms with van der Waals surface area (Å²) in [5.74, 6) is -0.371. The molecular weight excluding hydrogens is 308 g/mol. The van der Waals surface area contributed by atoms with E-state index in [-0.39, 0.29) is 24.5 Å². The first-order chi connectivity index (χ1) is 11.4. The van der Waals surface area contributed by atoms with E-state index >= 15 is 0 Å². The molecule has 0 bridgehead atoms. The molecule has 0 saturated heterocycles. The van der Waals surface area contributed by atoms with Crippen LogP contribution in [0.25, 0.3) is 0 Å². The van der Waals surface area contributed by atoms with Crippen molar-refractivity contribution in [3.05, 3.63) is 29.8 Å². The second-order valence-electron chi connectivity index (χ2n) is 6.36. The molecule has 0 heterocycles. The SMILES string of the molecule is CC(=O)Nc1cccc(C(=O)OCC(=O)NC2CCC(C)CC2)c1. The average Bonchev–Trinajstić information content (AvgIpc) is 2.54. The van der Waals surface area contributed by atoms with Gasteiger partial charge in [-0.2, -0.15) is 0 Å². The van der Waals surface area contributed by atoms with Crippen molar-refractivity contribution in [2.24, 2.45) is 5.92 Å². The highest BCUT2D eigenvalue weighted by Crippen LogP contribution is 2.23. The molecule has 0 radical (unpaired) electrons. The fraction of sp³-hybridized carbons (Fsp3) is 0.500. The number of anilines is 1. The number of benzene rings is 1. The third-order valence-corrected chi connectivity index (χ3v) is 4.13. The normalized spacial score (nSPS) is 20.1. The highest BCUT2D eigenvalue weighted by Gasteiger charge is 2.20. The third-order valence-electron chi connectivity index (χ3n) is 4.13. The highest BCUT2D eigenvalue weighted by molar-refractivity contribution is 5.94. The summed E-state index contributed by atoms with van der Waals surface area (Å²) in [5.41, 5.74) is 0.804. The Morgan fingerprint density at radius 3 is 2.54 bits per heavy atom. The van der Waals surface area contributed by atoms with Crippen LogP contribution < -0.4 is 10.6 Å². The maximum absolute atomic E-state index is 12.0. The Morgan fingerprint density at radius 2 is 1.88 bits per heavy atom. The van der Waals surface area contributed by atoms with E-state index in [2.05, 4.69) is 17.6 Å². The Bertz CT molecular complexity index is 607. The molecule has 24 heavy (non-hydrogen) atoms. The highest BCUT2D eigenvalue weighted by atomic mass is 16.5. The van der Waals surface area contributed by atoms with Crippen LogP contribution in [0.1, 0.15) is 49.9 Å². The van der Waals surface area contributed by atoms with E-state index in [0.717, 1.165) is 25.7 Å². The van der Waals surface area contributed by atoms with Crippen LogP contribution in [-0.4, -0.2) is 30.4 Å². The maximum atomic E-state index is 12.0. The molecule has 0 atom stereocenters. The zero-order valence-electron chi connectivity index (χ0n) is 14.1. The van der Waals surface area contributed by atoms with E-state index < -0.39 is 5.97 Å². The van der Waals surface area contributed by atoms with E-state index in [1.807, 2.05) is 0 Å². The van der Waals surface area contributed by atoms with Gasteiger partial charge in [0.25, 0.3) is 5.91 Å². The first kappa shape index (κ1) is 18.0. The molecule has 1 aliphatic carbocycles. The molecule has 0 aromatic heterocycles. The summed E-state index contributed by atoms with van der Waals surface area (Å²) >= 11 is 0. The Labute approximate surface area is 142 Å². The van der Waals surface area contributed by atoms with Crippen molar-refractivity contribution in [1.82, 2.24) is 5.32 Å². The van der Waals surface area contributed by atoms with Crippen LogP contribution in [0.3, 0.4) is 0 Å². The minimum atomic E-state index is -0.588. The minimum absolute atomic E-state index is 0.176. The van der Waals surface area contributed by atoms with Crippen LogP contribution in [0.15, 0.2) is 24.3 Å². The van der Waals surface area contributed by atoms with Crippen LogP contribution in [0.4, 0.5) is 5.69 Å². The lowest BCUT2D eigenvalue weighted by atomic mass is 9.87. The number of carbonyl (C=O) groups excluding carboxylic acids is 3. The quantitative estimate of drug-likeness (QED) is 0.811. The van der Waals surface area contributed by atoms with Gasteiger partial charge in [0.1, 0.15) is 0 Å². The lowest BCUT2D eigenvalue weighted by molar-refractivity contribution is -0.125. The number of hydrogen-bond acceptors (Lipinski definition) is 4. The number of nitrogens with one attached hydrogen (secondary N) is 2. The van der Waals surface area contributed by atoms with E-state index in [9.17, 15) is 14.4 Å². The molecule has 1 saturated carbocycles. The second kappa shape index (κ2) is 8.47. The Kier molecular flexibility index (Phi) is 6.35. The van der Waals surface area contributed by atoms with Gasteiger partial charge in [-0.25, -0.2) is 4.79 Å². The largest absolute Gasteiger partial charge is 0.452 e. The lowest BCUT2D eigenvalue weighted by Gasteiger charge is -2.26. The molecule has 6 nitrogen and oxygen atoms in total. The van der Waals surface area contributed by atoms with E-state index in [1.165, 1.54) is 13.0 Å². The summed E-state index contributed by atoms with van der Waals surface area (Å²) in [6.45, 7) is 3.31. The molecule has 2 rings (SSSR count). The van der Waals surface area contributed by atoms with Crippen molar-refractivity contribution in [1.29, 1.82) is 0 Å². The minimum Gasteiger partial charge on any atom is -0.452 e. The van der Waals surface area contributed by atoms with Crippen molar-refractivity contribution in [3.8, 4) is 0 Å². The van der Waals surface area contributed by atoms with Crippen molar-refractivity contribution < 1.29 is 19.1 Å². The summed E-state index contributed by atoms with van der Waals surface area (Å²) in [6.07, 6.45) is 4.17. The Hall–Kier alpha value is -2.37. The second-order valence-corrected chi connectivity index (χ2v) is 6.36. The van der Waals surface area contributed by atoms with Gasteiger partial charge in [0.2, 0.25) is 5.91 Å². The predicted octanol–water partition coefficient (Wildman–Crippen LogP) is 2.50. The van der Waals surface area contributed by atoms with Crippen LogP contribution >= 0.6 is 0 Å². The summed E-state index contributed by atoms with van der Waals surface area (Å²) in [4.78, 5) is 34.9. The summed E-state index contributed by atoms with van der Waals surface area (Å²) < 4.78 is 5.05. The Morgan fingerprint density at radius 1 is 1.17 bits per heavy atom. The first-order valence-corrected chi connectivity index (χ1v) is 8.28. The van der Waals surface area contributed by atoms with Gasteiger partial charge in [-0.1, -0.05) is 13.0 Å². The monoisotopic (exact) mass is 332 g/mol. The fourth-order valence-corrected chi connectivity index (χ4v) is 2.82. The van der Waals surface area contributed by atoms with Gasteiger partial charge in [-0.15, -0.1) is 0 Å². The molecule has 0 spiro atoms. The van der Waals surface area contributed by atoms with E-state index in [0.29, 0.717) is 17.2 Å². The van der Waals surface area contributed by atoms with Gasteiger partial charge < -0.3 is 15.4 Å². The smallest absolute Gasteiger partial charge is 0.338 e. The molecule has 1 aromatic carbocycles. The van der Waals surface area contributed by atoms with Crippen molar-refractivity contribution in [2.45, 2.75) is 45.6 Å². The topological polar surface area (TPSA) is 84.5 Å². The molecule has 2 amide bonds. The zero-order chi connectivity index (χ0) is 17.5. The van der Waals surface area contributed by atoms with Gasteiger partial charge in [0, 0.05) is 18.7 Å². The van der Waals surface area contributed by atoms with Crippen molar-refractivity contribution in [3.63, 3.8) is 0 Å². The molecule has 0 aliphatic heterocycles. The first-order valence-electron chi connectivity index (χ1n) is 8.28. The van der Waals surface area contributed by atoms with Crippen molar-refractivity contribution >= 4 is 23.5 Å². The summed E-state index contributed by atoms with van der Waals surface area (Å²) in [6, 6.07) is 6.59. The zero-order valence-corrected chi connectivity index (χ0v) is 14.1. The number of esters is 1. The fourth-order valence-electron chi connectivity index (χ4n) is 2.82. The van der Waals surface area contributed by atoms with E-state index in [1.54, 1.807) is 18.2 Å². The third kappa shape index (κ3) is 5.68. The molecule has 6 heteroatoms. The summed E-state index contributed by atoms with van der Waals surface area (Å²) in [5, 5.41) is 5.51. The molecule has 130 valence electrons. The molecule has 1 aliphatic rings. The number of amides is 2. The summed E-state index contributed by atoms with van der Waals surface area (Å²) in [7, 11) is 0. The van der Waals surface area contributed by atoms with Crippen LogP contribution in [-0.2, 0) is 14.3 Å². The van der Waals surface area contributed by atoms with Crippen LogP contribution in [0.2, 0.25) is 0 Å². The van der Waals surface area contributed by atoms with Gasteiger partial charge in [0.15, 0.2) is 6.61 Å². The lowest BCUT2D eigenvalue weighted by Crippen LogP contribution is -2.39. The van der Waals surface area contributed by atoms with Crippen molar-refractivity contribution in [2.75, 3.05) is 11.9 Å². The molecule has 2 N–H and O–H groups in total. The van der Waals surface area contributed by atoms with Gasteiger partial charge in [0.05, 0.1) is 5.56 Å². The van der Waals surface area contributed by atoms with Gasteiger partial charge in [-0.05, 0) is 49.8 Å². The number of hydrogen-bond donors (Lipinski definition) is 2.